The van der Waals surface area contributed by atoms with Crippen LogP contribution in [0.1, 0.15) is 25.8 Å². The van der Waals surface area contributed by atoms with Gasteiger partial charge in [0.15, 0.2) is 0 Å². The number of amides is 1. The number of rotatable bonds is 7. The third-order valence-corrected chi connectivity index (χ3v) is 3.38. The van der Waals surface area contributed by atoms with E-state index in [0.29, 0.717) is 30.7 Å². The molecule has 2 aromatic rings. The highest BCUT2D eigenvalue weighted by atomic mass is 19.1. The molecule has 5 nitrogen and oxygen atoms in total. The maximum Gasteiger partial charge on any atom is 0.251 e. The van der Waals surface area contributed by atoms with E-state index >= 15 is 0 Å². The molecule has 0 atom stereocenters. The molecule has 6 heteroatoms. The second-order valence-electron chi connectivity index (χ2n) is 5.62. The van der Waals surface area contributed by atoms with Gasteiger partial charge in [-0.1, -0.05) is 0 Å². The van der Waals surface area contributed by atoms with Crippen LogP contribution in [-0.4, -0.2) is 30.1 Å². The molecule has 1 amide bonds. The van der Waals surface area contributed by atoms with Crippen molar-refractivity contribution in [3.63, 3.8) is 0 Å². The van der Waals surface area contributed by atoms with Crippen LogP contribution in [0.2, 0.25) is 0 Å². The van der Waals surface area contributed by atoms with E-state index < -0.39 is 5.82 Å². The van der Waals surface area contributed by atoms with Crippen molar-refractivity contribution in [2.24, 2.45) is 0 Å². The van der Waals surface area contributed by atoms with E-state index in [0.717, 1.165) is 5.39 Å². The van der Waals surface area contributed by atoms with Crippen LogP contribution >= 0.6 is 0 Å². The molecule has 0 radical (unpaired) electrons. The Hall–Kier alpha value is -2.21. The molecule has 0 bridgehead atoms. The molecule has 0 spiro atoms. The summed E-state index contributed by atoms with van der Waals surface area (Å²) < 4.78 is 18.5. The first kappa shape index (κ1) is 17.1. The fraction of sp³-hybridized carbons (Fsp3) is 0.412. The summed E-state index contributed by atoms with van der Waals surface area (Å²) >= 11 is 0. The minimum absolute atomic E-state index is 0.129. The number of pyridine rings is 1. The van der Waals surface area contributed by atoms with Crippen molar-refractivity contribution in [2.45, 2.75) is 32.8 Å². The SMILES string of the molecule is CC(C)OCCNC(=O)CCc1cc2ccc(F)cc2[nH]c1=O. The lowest BCUT2D eigenvalue weighted by Crippen LogP contribution is -2.28. The Morgan fingerprint density at radius 1 is 1.35 bits per heavy atom. The summed E-state index contributed by atoms with van der Waals surface area (Å²) in [5.41, 5.74) is 0.672. The van der Waals surface area contributed by atoms with Crippen molar-refractivity contribution in [1.29, 1.82) is 0 Å². The van der Waals surface area contributed by atoms with E-state index in [9.17, 15) is 14.0 Å². The Morgan fingerprint density at radius 3 is 2.87 bits per heavy atom. The summed E-state index contributed by atoms with van der Waals surface area (Å²) in [5.74, 6) is -0.528. The quantitative estimate of drug-likeness (QED) is 0.768. The molecule has 2 rings (SSSR count). The van der Waals surface area contributed by atoms with E-state index in [1.54, 1.807) is 12.1 Å². The molecule has 0 aliphatic rings. The highest BCUT2D eigenvalue weighted by Crippen LogP contribution is 2.13. The van der Waals surface area contributed by atoms with Crippen LogP contribution < -0.4 is 10.9 Å². The molecule has 1 heterocycles. The lowest BCUT2D eigenvalue weighted by Gasteiger charge is -2.08. The van der Waals surface area contributed by atoms with E-state index in [4.69, 9.17) is 4.74 Å². The summed E-state index contributed by atoms with van der Waals surface area (Å²) in [7, 11) is 0. The van der Waals surface area contributed by atoms with Gasteiger partial charge in [0, 0.05) is 18.5 Å². The fourth-order valence-electron chi connectivity index (χ4n) is 2.23. The van der Waals surface area contributed by atoms with Gasteiger partial charge in [0.05, 0.1) is 18.2 Å². The second-order valence-corrected chi connectivity index (χ2v) is 5.62. The van der Waals surface area contributed by atoms with Crippen LogP contribution in [0.5, 0.6) is 0 Å². The van der Waals surface area contributed by atoms with Crippen LogP contribution in [0, 0.1) is 5.82 Å². The van der Waals surface area contributed by atoms with Crippen molar-refractivity contribution >= 4 is 16.8 Å². The smallest absolute Gasteiger partial charge is 0.251 e. The Labute approximate surface area is 133 Å². The molecule has 2 N–H and O–H groups in total. The van der Waals surface area contributed by atoms with Crippen molar-refractivity contribution in [2.75, 3.05) is 13.2 Å². The second kappa shape index (κ2) is 7.87. The summed E-state index contributed by atoms with van der Waals surface area (Å²) in [6.45, 7) is 4.77. The number of carbonyl (C=O) groups is 1. The Balaban J connectivity index is 1.91. The Bertz CT molecular complexity index is 740. The summed E-state index contributed by atoms with van der Waals surface area (Å²) in [4.78, 5) is 26.4. The normalized spacial score (nSPS) is 11.1. The number of fused-ring (bicyclic) bond motifs is 1. The average molecular weight is 320 g/mol. The van der Waals surface area contributed by atoms with Gasteiger partial charge in [-0.25, -0.2) is 4.39 Å². The highest BCUT2D eigenvalue weighted by molar-refractivity contribution is 5.79. The van der Waals surface area contributed by atoms with Crippen LogP contribution in [0.25, 0.3) is 10.9 Å². The predicted octanol–water partition coefficient (Wildman–Crippen LogP) is 2.14. The van der Waals surface area contributed by atoms with Crippen molar-refractivity contribution in [3.8, 4) is 0 Å². The van der Waals surface area contributed by atoms with Crippen molar-refractivity contribution in [3.05, 3.63) is 46.0 Å². The third-order valence-electron chi connectivity index (χ3n) is 3.38. The summed E-state index contributed by atoms with van der Waals surface area (Å²) in [6, 6.07) is 5.92. The zero-order valence-electron chi connectivity index (χ0n) is 13.3. The highest BCUT2D eigenvalue weighted by Gasteiger charge is 2.07. The lowest BCUT2D eigenvalue weighted by atomic mass is 10.1. The van der Waals surface area contributed by atoms with Crippen LogP contribution in [0.4, 0.5) is 4.39 Å². The molecule has 0 unspecified atom stereocenters. The fourth-order valence-corrected chi connectivity index (χ4v) is 2.23. The van der Waals surface area contributed by atoms with Crippen LogP contribution in [-0.2, 0) is 16.0 Å². The number of aromatic nitrogens is 1. The molecule has 0 aliphatic carbocycles. The number of H-pyrrole nitrogens is 1. The summed E-state index contributed by atoms with van der Waals surface area (Å²) in [6.07, 6.45) is 0.685. The zero-order chi connectivity index (χ0) is 16.8. The molecule has 0 saturated heterocycles. The van der Waals surface area contributed by atoms with E-state index in [1.165, 1.54) is 12.1 Å². The van der Waals surface area contributed by atoms with Gasteiger partial charge in [0.2, 0.25) is 5.91 Å². The van der Waals surface area contributed by atoms with E-state index in [1.807, 2.05) is 13.8 Å². The monoisotopic (exact) mass is 320 g/mol. The first-order valence-corrected chi connectivity index (χ1v) is 7.65. The molecular formula is C17H21FN2O3. The minimum atomic E-state index is -0.399. The number of aryl methyl sites for hydroxylation is 1. The van der Waals surface area contributed by atoms with Gasteiger partial charge in [-0.05, 0) is 49.9 Å². The molecule has 0 aliphatic heterocycles. The van der Waals surface area contributed by atoms with Gasteiger partial charge >= 0.3 is 0 Å². The van der Waals surface area contributed by atoms with E-state index in [-0.39, 0.29) is 24.0 Å². The third kappa shape index (κ3) is 5.17. The first-order valence-electron chi connectivity index (χ1n) is 7.65. The van der Waals surface area contributed by atoms with E-state index in [2.05, 4.69) is 10.3 Å². The summed E-state index contributed by atoms with van der Waals surface area (Å²) in [5, 5.41) is 3.49. The average Bonchev–Trinajstić information content (AvgIpc) is 2.49. The number of nitrogens with one attached hydrogen (secondary N) is 2. The standard InChI is InChI=1S/C17H21FN2O3/c1-11(2)23-8-7-19-16(21)6-4-13-9-12-3-5-14(18)10-15(12)20-17(13)22/h3,5,9-11H,4,6-8H2,1-2H3,(H,19,21)(H,20,22). The number of hydrogen-bond donors (Lipinski definition) is 2. The van der Waals surface area contributed by atoms with Gasteiger partial charge in [-0.2, -0.15) is 0 Å². The zero-order valence-corrected chi connectivity index (χ0v) is 13.3. The topological polar surface area (TPSA) is 71.2 Å². The maximum atomic E-state index is 13.1. The van der Waals surface area contributed by atoms with Crippen LogP contribution in [0.15, 0.2) is 29.1 Å². The van der Waals surface area contributed by atoms with Crippen molar-refractivity contribution in [1.82, 2.24) is 10.3 Å². The van der Waals surface area contributed by atoms with Gasteiger partial charge in [0.1, 0.15) is 5.82 Å². The molecule has 124 valence electrons. The number of aromatic amines is 1. The number of halogens is 1. The van der Waals surface area contributed by atoms with Gasteiger partial charge in [0.25, 0.3) is 5.56 Å². The Kier molecular flexibility index (Phi) is 5.87. The minimum Gasteiger partial charge on any atom is -0.377 e. The van der Waals surface area contributed by atoms with Gasteiger partial charge in [-0.15, -0.1) is 0 Å². The Morgan fingerprint density at radius 2 is 2.13 bits per heavy atom. The molecule has 0 fully saturated rings. The maximum absolute atomic E-state index is 13.1. The number of carbonyl (C=O) groups excluding carboxylic acids is 1. The molecule has 1 aromatic heterocycles. The number of ether oxygens (including phenoxy) is 1. The predicted molar refractivity (Wildman–Crippen MR) is 86.9 cm³/mol. The largest absolute Gasteiger partial charge is 0.377 e. The van der Waals surface area contributed by atoms with Gasteiger partial charge in [-0.3, -0.25) is 9.59 Å². The molecule has 1 aromatic carbocycles. The number of benzene rings is 1. The molecule has 23 heavy (non-hydrogen) atoms. The van der Waals surface area contributed by atoms with Crippen molar-refractivity contribution < 1.29 is 13.9 Å². The molecular weight excluding hydrogens is 299 g/mol. The first-order chi connectivity index (χ1) is 11.0. The number of hydrogen-bond acceptors (Lipinski definition) is 3. The molecule has 0 saturated carbocycles. The van der Waals surface area contributed by atoms with Crippen LogP contribution in [0.3, 0.4) is 0 Å². The lowest BCUT2D eigenvalue weighted by molar-refractivity contribution is -0.121. The van der Waals surface area contributed by atoms with Gasteiger partial charge < -0.3 is 15.0 Å².